The molecule has 0 fully saturated rings. The van der Waals surface area contributed by atoms with Gasteiger partial charge in [-0.15, -0.1) is 0 Å². The molecule has 0 saturated heterocycles. The Morgan fingerprint density at radius 3 is 2.24 bits per heavy atom. The molecule has 1 aliphatic rings. The van der Waals surface area contributed by atoms with Gasteiger partial charge in [-0.25, -0.2) is 9.38 Å². The molecular weight excluding hydrogens is 365 g/mol. The number of benzene rings is 3. The van der Waals surface area contributed by atoms with E-state index in [1.165, 1.54) is 17.7 Å². The van der Waals surface area contributed by atoms with Gasteiger partial charge in [-0.2, -0.15) is 5.10 Å². The summed E-state index contributed by atoms with van der Waals surface area (Å²) in [5.74, 6) is 1.52. The third kappa shape index (κ3) is 3.90. The van der Waals surface area contributed by atoms with Gasteiger partial charge in [-0.1, -0.05) is 19.9 Å². The summed E-state index contributed by atoms with van der Waals surface area (Å²) in [7, 11) is 1.64. The Morgan fingerprint density at radius 1 is 0.897 bits per heavy atom. The first-order valence-corrected chi connectivity index (χ1v) is 9.52. The molecule has 3 aromatic carbocycles. The van der Waals surface area contributed by atoms with Gasteiger partial charge in [-0.05, 0) is 72.1 Å². The molecule has 0 aromatic heterocycles. The van der Waals surface area contributed by atoms with Crippen LogP contribution in [0.1, 0.15) is 42.0 Å². The van der Waals surface area contributed by atoms with Crippen molar-refractivity contribution in [3.8, 4) is 5.75 Å². The normalized spacial score (nSPS) is 13.1. The maximum Gasteiger partial charge on any atom is 0.154 e. The van der Waals surface area contributed by atoms with Crippen LogP contribution in [0, 0.1) is 5.82 Å². The minimum atomic E-state index is -0.276. The molecule has 1 aliphatic heterocycles. The average Bonchev–Trinajstić information content (AvgIpc) is 2.93. The zero-order valence-electron chi connectivity index (χ0n) is 16.6. The number of ether oxygens (including phenoxy) is 1. The van der Waals surface area contributed by atoms with Crippen LogP contribution in [0.25, 0.3) is 0 Å². The van der Waals surface area contributed by atoms with Crippen molar-refractivity contribution in [1.82, 2.24) is 5.43 Å². The first kappa shape index (κ1) is 18.9. The number of hydrazone groups is 1. The largest absolute Gasteiger partial charge is 0.497 e. The van der Waals surface area contributed by atoms with Crippen LogP contribution in [-0.4, -0.2) is 18.7 Å². The van der Waals surface area contributed by atoms with Crippen LogP contribution in [0.15, 0.2) is 76.8 Å². The van der Waals surface area contributed by atoms with Crippen molar-refractivity contribution < 1.29 is 9.13 Å². The number of nitrogens with one attached hydrogen (secondary N) is 1. The van der Waals surface area contributed by atoms with Crippen molar-refractivity contribution in [3.63, 3.8) is 0 Å². The molecule has 5 heteroatoms. The van der Waals surface area contributed by atoms with Gasteiger partial charge in [0.25, 0.3) is 0 Å². The summed E-state index contributed by atoms with van der Waals surface area (Å²) in [5, 5.41) is 4.65. The van der Waals surface area contributed by atoms with Crippen LogP contribution in [0.4, 0.5) is 10.1 Å². The van der Waals surface area contributed by atoms with Gasteiger partial charge in [0.15, 0.2) is 5.84 Å². The highest BCUT2D eigenvalue weighted by molar-refractivity contribution is 6.18. The van der Waals surface area contributed by atoms with Gasteiger partial charge < -0.3 is 4.74 Å². The highest BCUT2D eigenvalue weighted by Crippen LogP contribution is 2.29. The summed E-state index contributed by atoms with van der Waals surface area (Å²) in [5.41, 5.74) is 8.48. The lowest BCUT2D eigenvalue weighted by Gasteiger charge is -2.12. The van der Waals surface area contributed by atoms with E-state index < -0.39 is 0 Å². The van der Waals surface area contributed by atoms with Crippen molar-refractivity contribution in [3.05, 3.63) is 94.8 Å². The number of amidine groups is 1. The number of halogens is 1. The van der Waals surface area contributed by atoms with Crippen molar-refractivity contribution >= 4 is 17.2 Å². The molecule has 0 unspecified atom stereocenters. The van der Waals surface area contributed by atoms with E-state index in [4.69, 9.17) is 9.73 Å². The topological polar surface area (TPSA) is 46.0 Å². The van der Waals surface area contributed by atoms with Gasteiger partial charge in [0.05, 0.1) is 18.5 Å². The number of rotatable bonds is 4. The zero-order chi connectivity index (χ0) is 20.4. The smallest absolute Gasteiger partial charge is 0.154 e. The summed E-state index contributed by atoms with van der Waals surface area (Å²) in [6.07, 6.45) is 0. The molecule has 1 heterocycles. The molecule has 0 atom stereocenters. The number of hydrogen-bond acceptors (Lipinski definition) is 4. The Hall–Kier alpha value is -3.47. The molecule has 0 aliphatic carbocycles. The summed E-state index contributed by atoms with van der Waals surface area (Å²) in [6, 6.07) is 20.2. The fraction of sp³-hybridized carbons (Fsp3) is 0.167. The van der Waals surface area contributed by atoms with E-state index in [1.807, 2.05) is 30.3 Å². The van der Waals surface area contributed by atoms with Crippen molar-refractivity contribution in [2.75, 3.05) is 7.11 Å². The molecule has 29 heavy (non-hydrogen) atoms. The molecule has 0 radical (unpaired) electrons. The third-order valence-corrected chi connectivity index (χ3v) is 4.93. The lowest BCUT2D eigenvalue weighted by molar-refractivity contribution is 0.415. The quantitative estimate of drug-likeness (QED) is 0.652. The molecule has 4 rings (SSSR count). The Bertz CT molecular complexity index is 1080. The van der Waals surface area contributed by atoms with Crippen molar-refractivity contribution in [1.29, 1.82) is 0 Å². The van der Waals surface area contributed by atoms with E-state index in [-0.39, 0.29) is 5.82 Å². The molecule has 1 N–H and O–H groups in total. The molecule has 4 nitrogen and oxygen atoms in total. The second-order valence-electron chi connectivity index (χ2n) is 7.20. The average molecular weight is 387 g/mol. The van der Waals surface area contributed by atoms with Gasteiger partial charge in [0.1, 0.15) is 11.6 Å². The Balaban J connectivity index is 1.84. The van der Waals surface area contributed by atoms with E-state index in [2.05, 4.69) is 36.5 Å². The molecule has 0 amide bonds. The molecule has 0 bridgehead atoms. The van der Waals surface area contributed by atoms with Gasteiger partial charge in [0.2, 0.25) is 0 Å². The Morgan fingerprint density at radius 2 is 1.59 bits per heavy atom. The number of fused-ring (bicyclic) bond motifs is 1. The lowest BCUT2D eigenvalue weighted by atomic mass is 9.95. The highest BCUT2D eigenvalue weighted by atomic mass is 19.1. The summed E-state index contributed by atoms with van der Waals surface area (Å²) in [4.78, 5) is 4.83. The first-order chi connectivity index (χ1) is 14.0. The highest BCUT2D eigenvalue weighted by Gasteiger charge is 2.18. The molecule has 3 aromatic rings. The minimum absolute atomic E-state index is 0.276. The minimum Gasteiger partial charge on any atom is -0.497 e. The fourth-order valence-corrected chi connectivity index (χ4v) is 3.22. The van der Waals surface area contributed by atoms with Crippen LogP contribution in [0.5, 0.6) is 5.75 Å². The maximum atomic E-state index is 13.5. The SMILES string of the molecule is COc1ccc(C2=Nc3ccc(C(C)C)cc3C(c3ccc(F)cc3)=NN2)cc1. The second-order valence-corrected chi connectivity index (χ2v) is 7.20. The van der Waals surface area contributed by atoms with Gasteiger partial charge in [0, 0.05) is 16.7 Å². The van der Waals surface area contributed by atoms with E-state index in [1.54, 1.807) is 19.2 Å². The predicted molar refractivity (Wildman–Crippen MR) is 115 cm³/mol. The van der Waals surface area contributed by atoms with Gasteiger partial charge in [-0.3, -0.25) is 5.43 Å². The van der Waals surface area contributed by atoms with Crippen molar-refractivity contribution in [2.45, 2.75) is 19.8 Å². The molecule has 146 valence electrons. The summed E-state index contributed by atoms with van der Waals surface area (Å²) >= 11 is 0. The lowest BCUT2D eigenvalue weighted by Crippen LogP contribution is -2.19. The summed E-state index contributed by atoms with van der Waals surface area (Å²) < 4.78 is 18.7. The number of methoxy groups -OCH3 is 1. The van der Waals surface area contributed by atoms with Gasteiger partial charge >= 0.3 is 0 Å². The second kappa shape index (κ2) is 7.87. The van der Waals surface area contributed by atoms with E-state index >= 15 is 0 Å². The standard InChI is InChI=1S/C24H22FN3O/c1-15(2)18-8-13-22-21(14-18)23(16-4-9-19(25)10-5-16)27-28-24(26-22)17-6-11-20(29-3)12-7-17/h4-15H,1-3H3,(H,26,28). The van der Waals surface area contributed by atoms with E-state index in [0.29, 0.717) is 11.8 Å². The molecule has 0 spiro atoms. The van der Waals surface area contributed by atoms with Crippen LogP contribution in [0.2, 0.25) is 0 Å². The Kier molecular flexibility index (Phi) is 5.12. The van der Waals surface area contributed by atoms with Crippen LogP contribution >= 0.6 is 0 Å². The molecular formula is C24H22FN3O. The predicted octanol–water partition coefficient (Wildman–Crippen LogP) is 5.39. The summed E-state index contributed by atoms with van der Waals surface area (Å²) in [6.45, 7) is 4.30. The fourth-order valence-electron chi connectivity index (χ4n) is 3.22. The van der Waals surface area contributed by atoms with Crippen LogP contribution < -0.4 is 10.2 Å². The Labute approximate surface area is 169 Å². The monoisotopic (exact) mass is 387 g/mol. The van der Waals surface area contributed by atoms with Crippen molar-refractivity contribution in [2.24, 2.45) is 10.1 Å². The maximum absolute atomic E-state index is 13.5. The van der Waals surface area contributed by atoms with E-state index in [9.17, 15) is 4.39 Å². The molecule has 0 saturated carbocycles. The van der Waals surface area contributed by atoms with Crippen LogP contribution in [0.3, 0.4) is 0 Å². The zero-order valence-corrected chi connectivity index (χ0v) is 16.6. The first-order valence-electron chi connectivity index (χ1n) is 9.52. The van der Waals surface area contributed by atoms with E-state index in [0.717, 1.165) is 33.8 Å². The number of aliphatic imine (C=N–C) groups is 1. The number of hydrogen-bond donors (Lipinski definition) is 1. The third-order valence-electron chi connectivity index (χ3n) is 4.93. The van der Waals surface area contributed by atoms with Crippen LogP contribution in [-0.2, 0) is 0 Å². The number of nitrogens with zero attached hydrogens (tertiary/aromatic N) is 2.